The van der Waals surface area contributed by atoms with Crippen molar-refractivity contribution in [2.75, 3.05) is 0 Å². The highest BCUT2D eigenvalue weighted by molar-refractivity contribution is 7.80. The molecular weight excluding hydrogens is 266 g/mol. The topological polar surface area (TPSA) is 35.2 Å². The fourth-order valence-electron chi connectivity index (χ4n) is 2.07. The van der Waals surface area contributed by atoms with E-state index in [1.165, 1.54) is 5.56 Å². The molecule has 2 aromatic rings. The van der Waals surface area contributed by atoms with Crippen molar-refractivity contribution < 1.29 is 4.74 Å². The molecule has 2 aromatic carbocycles. The zero-order valence-corrected chi connectivity index (χ0v) is 12.7. The first kappa shape index (κ1) is 14.5. The van der Waals surface area contributed by atoms with Crippen LogP contribution < -0.4 is 10.5 Å². The maximum absolute atomic E-state index is 5.89. The Bertz CT molecular complexity index is 605. The SMILES string of the molecule is CCCc1ccc(Oc2ccc(C)cc2C(N)=S)cc1. The summed E-state index contributed by atoms with van der Waals surface area (Å²) in [6.45, 7) is 4.18. The standard InChI is InChI=1S/C17H19NOS/c1-3-4-13-6-8-14(9-7-13)19-16-10-5-12(2)11-15(16)17(18)20/h5-11H,3-4H2,1-2H3,(H2,18,20). The second-order valence-corrected chi connectivity index (χ2v) is 5.30. The lowest BCUT2D eigenvalue weighted by Gasteiger charge is -2.11. The highest BCUT2D eigenvalue weighted by Gasteiger charge is 2.08. The van der Waals surface area contributed by atoms with Gasteiger partial charge in [-0.25, -0.2) is 0 Å². The summed E-state index contributed by atoms with van der Waals surface area (Å²) in [5, 5.41) is 0. The molecule has 0 saturated heterocycles. The van der Waals surface area contributed by atoms with Crippen LogP contribution in [0.3, 0.4) is 0 Å². The number of benzene rings is 2. The van der Waals surface area contributed by atoms with Crippen LogP contribution in [0.5, 0.6) is 11.5 Å². The van der Waals surface area contributed by atoms with Crippen molar-refractivity contribution in [2.45, 2.75) is 26.7 Å². The largest absolute Gasteiger partial charge is 0.457 e. The maximum atomic E-state index is 5.89. The quantitative estimate of drug-likeness (QED) is 0.828. The molecule has 0 radical (unpaired) electrons. The molecule has 2 N–H and O–H groups in total. The number of nitrogens with two attached hydrogens (primary N) is 1. The molecule has 0 atom stereocenters. The molecule has 0 aliphatic rings. The first-order chi connectivity index (χ1) is 9.60. The molecule has 0 spiro atoms. The number of ether oxygens (including phenoxy) is 1. The van der Waals surface area contributed by atoms with E-state index in [0.29, 0.717) is 10.7 Å². The van der Waals surface area contributed by atoms with Crippen LogP contribution in [0, 0.1) is 6.92 Å². The van der Waals surface area contributed by atoms with Crippen LogP contribution >= 0.6 is 12.2 Å². The van der Waals surface area contributed by atoms with Gasteiger partial charge in [0.05, 0.1) is 5.56 Å². The van der Waals surface area contributed by atoms with Gasteiger partial charge in [0, 0.05) is 0 Å². The third-order valence-electron chi connectivity index (χ3n) is 3.09. The predicted octanol–water partition coefficient (Wildman–Crippen LogP) is 4.37. The van der Waals surface area contributed by atoms with E-state index in [9.17, 15) is 0 Å². The van der Waals surface area contributed by atoms with Crippen LogP contribution in [0.2, 0.25) is 0 Å². The van der Waals surface area contributed by atoms with Crippen LogP contribution in [0.15, 0.2) is 42.5 Å². The number of hydrogen-bond donors (Lipinski definition) is 1. The first-order valence-electron chi connectivity index (χ1n) is 6.77. The van der Waals surface area contributed by atoms with Crippen molar-refractivity contribution in [1.29, 1.82) is 0 Å². The maximum Gasteiger partial charge on any atom is 0.137 e. The molecule has 0 aromatic heterocycles. The van der Waals surface area contributed by atoms with Gasteiger partial charge in [-0.1, -0.05) is 49.3 Å². The van der Waals surface area contributed by atoms with Crippen LogP contribution in [0.4, 0.5) is 0 Å². The zero-order chi connectivity index (χ0) is 14.5. The summed E-state index contributed by atoms with van der Waals surface area (Å²) >= 11 is 5.08. The van der Waals surface area contributed by atoms with E-state index < -0.39 is 0 Å². The van der Waals surface area contributed by atoms with Crippen molar-refractivity contribution in [3.8, 4) is 11.5 Å². The average molecular weight is 285 g/mol. The normalized spacial score (nSPS) is 10.3. The molecule has 0 fully saturated rings. The van der Waals surface area contributed by atoms with Gasteiger partial charge in [0.25, 0.3) is 0 Å². The van der Waals surface area contributed by atoms with Crippen LogP contribution in [-0.4, -0.2) is 4.99 Å². The Hall–Kier alpha value is -1.87. The van der Waals surface area contributed by atoms with E-state index in [0.717, 1.165) is 29.7 Å². The highest BCUT2D eigenvalue weighted by Crippen LogP contribution is 2.26. The van der Waals surface area contributed by atoms with E-state index in [1.807, 2.05) is 37.3 Å². The Morgan fingerprint density at radius 3 is 2.45 bits per heavy atom. The fourth-order valence-corrected chi connectivity index (χ4v) is 2.22. The number of rotatable bonds is 5. The minimum atomic E-state index is 0.353. The van der Waals surface area contributed by atoms with Gasteiger partial charge in [-0.05, 0) is 43.2 Å². The van der Waals surface area contributed by atoms with Gasteiger partial charge in [0.15, 0.2) is 0 Å². The molecule has 2 nitrogen and oxygen atoms in total. The molecule has 0 unspecified atom stereocenters. The lowest BCUT2D eigenvalue weighted by atomic mass is 10.1. The molecule has 0 saturated carbocycles. The molecule has 0 aliphatic heterocycles. The molecule has 3 heteroatoms. The molecule has 2 rings (SSSR count). The molecule has 0 bridgehead atoms. The van der Waals surface area contributed by atoms with Crippen LogP contribution in [-0.2, 0) is 6.42 Å². The van der Waals surface area contributed by atoms with E-state index in [2.05, 4.69) is 19.1 Å². The van der Waals surface area contributed by atoms with Crippen molar-refractivity contribution in [2.24, 2.45) is 5.73 Å². The molecule has 0 aliphatic carbocycles. The van der Waals surface area contributed by atoms with Crippen LogP contribution in [0.1, 0.15) is 30.0 Å². The Balaban J connectivity index is 2.23. The number of aryl methyl sites for hydroxylation is 2. The Morgan fingerprint density at radius 2 is 1.85 bits per heavy atom. The summed E-state index contributed by atoms with van der Waals surface area (Å²) in [6, 6.07) is 14.0. The summed E-state index contributed by atoms with van der Waals surface area (Å²) in [5.41, 5.74) is 8.96. The van der Waals surface area contributed by atoms with Gasteiger partial charge in [0.2, 0.25) is 0 Å². The zero-order valence-electron chi connectivity index (χ0n) is 11.8. The molecule has 104 valence electrons. The average Bonchev–Trinajstić information content (AvgIpc) is 2.43. The minimum Gasteiger partial charge on any atom is -0.457 e. The van der Waals surface area contributed by atoms with Gasteiger partial charge in [-0.2, -0.15) is 0 Å². The second-order valence-electron chi connectivity index (χ2n) is 4.86. The molecule has 0 amide bonds. The van der Waals surface area contributed by atoms with Gasteiger partial charge >= 0.3 is 0 Å². The van der Waals surface area contributed by atoms with E-state index in [1.54, 1.807) is 0 Å². The number of thiocarbonyl (C=S) groups is 1. The van der Waals surface area contributed by atoms with Crippen molar-refractivity contribution in [1.82, 2.24) is 0 Å². The molecule has 0 heterocycles. The van der Waals surface area contributed by atoms with Crippen molar-refractivity contribution in [3.05, 3.63) is 59.2 Å². The smallest absolute Gasteiger partial charge is 0.137 e. The van der Waals surface area contributed by atoms with E-state index in [-0.39, 0.29) is 0 Å². The monoisotopic (exact) mass is 285 g/mol. The van der Waals surface area contributed by atoms with E-state index in [4.69, 9.17) is 22.7 Å². The molecule has 20 heavy (non-hydrogen) atoms. The predicted molar refractivity (Wildman–Crippen MR) is 87.6 cm³/mol. The minimum absolute atomic E-state index is 0.353. The third-order valence-corrected chi connectivity index (χ3v) is 3.31. The van der Waals surface area contributed by atoms with Gasteiger partial charge in [-0.15, -0.1) is 0 Å². The van der Waals surface area contributed by atoms with Crippen molar-refractivity contribution >= 4 is 17.2 Å². The van der Waals surface area contributed by atoms with Gasteiger partial charge in [-0.3, -0.25) is 0 Å². The fraction of sp³-hybridized carbons (Fsp3) is 0.235. The Morgan fingerprint density at radius 1 is 1.15 bits per heavy atom. The highest BCUT2D eigenvalue weighted by atomic mass is 32.1. The summed E-state index contributed by atoms with van der Waals surface area (Å²) in [6.07, 6.45) is 2.23. The lowest BCUT2D eigenvalue weighted by molar-refractivity contribution is 0.481. The summed E-state index contributed by atoms with van der Waals surface area (Å²) in [4.78, 5) is 0.353. The second kappa shape index (κ2) is 6.53. The van der Waals surface area contributed by atoms with Gasteiger partial charge < -0.3 is 10.5 Å². The Kier molecular flexibility index (Phi) is 4.74. The van der Waals surface area contributed by atoms with Crippen LogP contribution in [0.25, 0.3) is 0 Å². The summed E-state index contributed by atoms with van der Waals surface area (Å²) in [5.74, 6) is 1.50. The third kappa shape index (κ3) is 3.58. The Labute approximate surface area is 125 Å². The summed E-state index contributed by atoms with van der Waals surface area (Å²) in [7, 11) is 0. The number of hydrogen-bond acceptors (Lipinski definition) is 2. The molecular formula is C17H19NOS. The van der Waals surface area contributed by atoms with E-state index >= 15 is 0 Å². The van der Waals surface area contributed by atoms with Gasteiger partial charge in [0.1, 0.15) is 16.5 Å². The first-order valence-corrected chi connectivity index (χ1v) is 7.18. The van der Waals surface area contributed by atoms with Crippen molar-refractivity contribution in [3.63, 3.8) is 0 Å². The summed E-state index contributed by atoms with van der Waals surface area (Å²) < 4.78 is 5.89. The lowest BCUT2D eigenvalue weighted by Crippen LogP contribution is -2.11.